The van der Waals surface area contributed by atoms with Crippen molar-refractivity contribution in [3.05, 3.63) is 93.6 Å². The molecule has 7 heteroatoms. The second kappa shape index (κ2) is 10.2. The number of aromatic nitrogens is 2. The van der Waals surface area contributed by atoms with Crippen LogP contribution in [-0.4, -0.2) is 22.6 Å². The van der Waals surface area contributed by atoms with Crippen molar-refractivity contribution < 1.29 is 14.3 Å². The van der Waals surface area contributed by atoms with E-state index in [2.05, 4.69) is 34.7 Å². The van der Waals surface area contributed by atoms with E-state index >= 15 is 0 Å². The summed E-state index contributed by atoms with van der Waals surface area (Å²) < 4.78 is 14.7. The highest BCUT2D eigenvalue weighted by Crippen LogP contribution is 2.35. The minimum absolute atomic E-state index is 0.227. The van der Waals surface area contributed by atoms with Crippen LogP contribution in [0.4, 0.5) is 0 Å². The Kier molecular flexibility index (Phi) is 6.97. The Bertz CT molecular complexity index is 1550. The molecule has 0 atom stereocenters. The first kappa shape index (κ1) is 25.3. The Morgan fingerprint density at radius 3 is 2.57 bits per heavy atom. The van der Waals surface area contributed by atoms with E-state index in [4.69, 9.17) is 21.1 Å². The lowest BCUT2D eigenvalue weighted by molar-refractivity contribution is -0.150. The Morgan fingerprint density at radius 2 is 1.84 bits per heavy atom. The second-order valence-corrected chi connectivity index (χ2v) is 11.4. The number of aryl methyl sites for hydroxylation is 1. The first-order valence-corrected chi connectivity index (χ1v) is 13.4. The molecule has 0 spiro atoms. The highest BCUT2D eigenvalue weighted by atomic mass is 35.5. The van der Waals surface area contributed by atoms with Crippen molar-refractivity contribution in [2.24, 2.45) is 5.41 Å². The normalized spacial score (nSPS) is 11.8. The zero-order chi connectivity index (χ0) is 26.2. The van der Waals surface area contributed by atoms with Crippen molar-refractivity contribution in [1.29, 1.82) is 0 Å². The van der Waals surface area contributed by atoms with E-state index in [-0.39, 0.29) is 5.97 Å². The van der Waals surface area contributed by atoms with E-state index in [1.165, 1.54) is 7.11 Å². The highest BCUT2D eigenvalue weighted by Gasteiger charge is 2.32. The molecule has 2 aromatic heterocycles. The van der Waals surface area contributed by atoms with E-state index < -0.39 is 5.41 Å². The van der Waals surface area contributed by atoms with Gasteiger partial charge in [0.25, 0.3) is 0 Å². The molecule has 0 bridgehead atoms. The zero-order valence-electron chi connectivity index (χ0n) is 21.4. The number of para-hydroxylation sites is 1. The number of halogens is 1. The van der Waals surface area contributed by atoms with Gasteiger partial charge in [0.05, 0.1) is 22.7 Å². The number of nitrogens with zero attached hydrogens (tertiary/aromatic N) is 2. The molecule has 0 aliphatic carbocycles. The molecule has 0 aliphatic heterocycles. The van der Waals surface area contributed by atoms with Gasteiger partial charge < -0.3 is 14.0 Å². The maximum Gasteiger partial charge on any atom is 0.311 e. The number of esters is 1. The summed E-state index contributed by atoms with van der Waals surface area (Å²) in [4.78, 5) is 17.2. The third-order valence-corrected chi connectivity index (χ3v) is 7.99. The minimum atomic E-state index is -0.669. The van der Waals surface area contributed by atoms with Crippen LogP contribution in [0.2, 0.25) is 5.02 Å². The van der Waals surface area contributed by atoms with Gasteiger partial charge in [0.2, 0.25) is 0 Å². The van der Waals surface area contributed by atoms with Crippen molar-refractivity contribution in [2.45, 2.75) is 40.3 Å². The summed E-state index contributed by atoms with van der Waals surface area (Å²) >= 11 is 7.77. The van der Waals surface area contributed by atoms with Gasteiger partial charge in [-0.1, -0.05) is 35.9 Å². The van der Waals surface area contributed by atoms with Crippen LogP contribution in [0.15, 0.2) is 66.7 Å². The molecule has 0 saturated carbocycles. The predicted molar refractivity (Wildman–Crippen MR) is 151 cm³/mol. The summed E-state index contributed by atoms with van der Waals surface area (Å²) in [6.07, 6.45) is 0.551. The van der Waals surface area contributed by atoms with Crippen molar-refractivity contribution >= 4 is 50.0 Å². The summed E-state index contributed by atoms with van der Waals surface area (Å²) in [5, 5.41) is 2.75. The third kappa shape index (κ3) is 5.22. The van der Waals surface area contributed by atoms with Crippen LogP contribution in [0.3, 0.4) is 0 Å². The van der Waals surface area contributed by atoms with Gasteiger partial charge in [0.1, 0.15) is 17.4 Å². The SMILES string of the molecule is COC(=O)C(C)(C)Cc1c(C)c2cc(OCc3nc4ccccc4s3)ccc2n1Cc1ccc(Cl)cc1. The number of benzene rings is 3. The van der Waals surface area contributed by atoms with Gasteiger partial charge in [-0.25, -0.2) is 4.98 Å². The van der Waals surface area contributed by atoms with Crippen LogP contribution in [0, 0.1) is 12.3 Å². The van der Waals surface area contributed by atoms with E-state index in [0.29, 0.717) is 24.6 Å². The molecule has 5 nitrogen and oxygen atoms in total. The third-order valence-electron chi connectivity index (χ3n) is 6.72. The molecule has 2 heterocycles. The number of hydrogen-bond donors (Lipinski definition) is 0. The van der Waals surface area contributed by atoms with E-state index in [0.717, 1.165) is 48.7 Å². The number of methoxy groups -OCH3 is 1. The van der Waals surface area contributed by atoms with E-state index in [9.17, 15) is 4.79 Å². The van der Waals surface area contributed by atoms with Crippen LogP contribution in [0.25, 0.3) is 21.1 Å². The van der Waals surface area contributed by atoms with Crippen LogP contribution in [0.1, 0.15) is 35.7 Å². The quantitative estimate of drug-likeness (QED) is 0.193. The molecular weight excluding hydrogens is 504 g/mol. The van der Waals surface area contributed by atoms with Gasteiger partial charge in [-0.15, -0.1) is 11.3 Å². The number of thiazole rings is 1. The fourth-order valence-electron chi connectivity index (χ4n) is 4.72. The van der Waals surface area contributed by atoms with Crippen molar-refractivity contribution in [1.82, 2.24) is 9.55 Å². The summed E-state index contributed by atoms with van der Waals surface area (Å²) in [6.45, 7) is 7.04. The Labute approximate surface area is 225 Å². The van der Waals surface area contributed by atoms with Crippen molar-refractivity contribution in [3.8, 4) is 5.75 Å². The molecule has 0 unspecified atom stereocenters. The standard InChI is InChI=1S/C30H29ClN2O3S/c1-19-23-15-22(36-18-28-32-24-7-5-6-8-27(24)37-28)13-14-25(23)33(17-20-9-11-21(31)12-10-20)26(19)16-30(2,3)29(34)35-4/h5-15H,16-18H2,1-4H3. The summed E-state index contributed by atoms with van der Waals surface area (Å²) in [7, 11) is 1.44. The zero-order valence-corrected chi connectivity index (χ0v) is 22.9. The van der Waals surface area contributed by atoms with Gasteiger partial charge in [0, 0.05) is 34.6 Å². The van der Waals surface area contributed by atoms with Gasteiger partial charge in [-0.3, -0.25) is 4.79 Å². The van der Waals surface area contributed by atoms with Gasteiger partial charge in [0.15, 0.2) is 0 Å². The maximum absolute atomic E-state index is 12.5. The molecule has 0 saturated heterocycles. The number of hydrogen-bond acceptors (Lipinski definition) is 5. The number of carbonyl (C=O) groups is 1. The minimum Gasteiger partial charge on any atom is -0.486 e. The lowest BCUT2D eigenvalue weighted by Gasteiger charge is -2.23. The summed E-state index contributed by atoms with van der Waals surface area (Å²) in [5.41, 5.74) is 4.78. The molecule has 0 radical (unpaired) electrons. The average Bonchev–Trinajstić information content (AvgIpc) is 3.42. The number of rotatable bonds is 8. The van der Waals surface area contributed by atoms with E-state index in [1.54, 1.807) is 11.3 Å². The summed E-state index contributed by atoms with van der Waals surface area (Å²) in [6, 6.07) is 22.2. The highest BCUT2D eigenvalue weighted by molar-refractivity contribution is 7.18. The molecule has 0 aliphatic rings. The number of carbonyl (C=O) groups excluding carboxylic acids is 1. The topological polar surface area (TPSA) is 53.4 Å². The predicted octanol–water partition coefficient (Wildman–Crippen LogP) is 7.58. The van der Waals surface area contributed by atoms with Crippen molar-refractivity contribution in [3.63, 3.8) is 0 Å². The molecule has 0 N–H and O–H groups in total. The molecule has 0 amide bonds. The Balaban J connectivity index is 1.50. The molecule has 0 fully saturated rings. The fraction of sp³-hybridized carbons (Fsp3) is 0.267. The fourth-order valence-corrected chi connectivity index (χ4v) is 5.73. The first-order valence-electron chi connectivity index (χ1n) is 12.2. The number of fused-ring (bicyclic) bond motifs is 2. The second-order valence-electron chi connectivity index (χ2n) is 9.88. The molecule has 190 valence electrons. The summed E-state index contributed by atoms with van der Waals surface area (Å²) in [5.74, 6) is 0.562. The Hall–Kier alpha value is -3.35. The van der Waals surface area contributed by atoms with Gasteiger partial charge >= 0.3 is 5.97 Å². The maximum atomic E-state index is 12.5. The first-order chi connectivity index (χ1) is 17.7. The van der Waals surface area contributed by atoms with Crippen LogP contribution >= 0.6 is 22.9 Å². The molecule has 37 heavy (non-hydrogen) atoms. The van der Waals surface area contributed by atoms with Gasteiger partial charge in [-0.05, 0) is 74.4 Å². The lowest BCUT2D eigenvalue weighted by atomic mass is 9.86. The van der Waals surface area contributed by atoms with Crippen molar-refractivity contribution in [2.75, 3.05) is 7.11 Å². The monoisotopic (exact) mass is 532 g/mol. The van der Waals surface area contributed by atoms with Crippen LogP contribution in [0.5, 0.6) is 5.75 Å². The lowest BCUT2D eigenvalue weighted by Crippen LogP contribution is -2.29. The molecular formula is C30H29ClN2O3S. The Morgan fingerprint density at radius 1 is 1.08 bits per heavy atom. The molecule has 3 aromatic carbocycles. The molecule has 5 aromatic rings. The number of ether oxygens (including phenoxy) is 2. The van der Waals surface area contributed by atoms with Crippen LogP contribution < -0.4 is 4.74 Å². The average molecular weight is 533 g/mol. The van der Waals surface area contributed by atoms with Gasteiger partial charge in [-0.2, -0.15) is 0 Å². The molecule has 5 rings (SSSR count). The van der Waals surface area contributed by atoms with E-state index in [1.807, 2.05) is 62.4 Å². The van der Waals surface area contributed by atoms with Crippen LogP contribution in [-0.2, 0) is 29.1 Å². The smallest absolute Gasteiger partial charge is 0.311 e. The largest absolute Gasteiger partial charge is 0.486 e.